The van der Waals surface area contributed by atoms with Gasteiger partial charge in [0.05, 0.1) is 11.8 Å². The fourth-order valence-corrected chi connectivity index (χ4v) is 4.38. The third kappa shape index (κ3) is 5.51. The molecule has 0 aliphatic carbocycles. The van der Waals surface area contributed by atoms with E-state index in [9.17, 15) is 9.59 Å². The SMILES string of the molecule is CC(C)(C)OC(=O)N1CCC(c2cc3nc[nH]c(=O)c3n2COCC[Si](C)(C)C)C1. The third-order valence-electron chi connectivity index (χ3n) is 5.20. The van der Waals surface area contributed by atoms with E-state index in [1.807, 2.05) is 31.4 Å². The van der Waals surface area contributed by atoms with Crippen molar-refractivity contribution >= 4 is 25.2 Å². The molecule has 1 saturated heterocycles. The molecule has 1 atom stereocenters. The molecule has 1 N–H and O–H groups in total. The number of aromatic nitrogens is 3. The Kier molecular flexibility index (Phi) is 6.42. The number of rotatable bonds is 6. The molecule has 8 nitrogen and oxygen atoms in total. The number of nitrogens with zero attached hydrogens (tertiary/aromatic N) is 3. The number of hydrogen-bond acceptors (Lipinski definition) is 5. The van der Waals surface area contributed by atoms with Crippen LogP contribution in [0.25, 0.3) is 11.0 Å². The molecule has 9 heteroatoms. The molecular weight excluding hydrogens is 400 g/mol. The normalized spacial score (nSPS) is 17.7. The quantitative estimate of drug-likeness (QED) is 0.552. The van der Waals surface area contributed by atoms with Crippen LogP contribution < -0.4 is 5.56 Å². The second-order valence-electron chi connectivity index (χ2n) is 10.2. The van der Waals surface area contributed by atoms with Gasteiger partial charge in [-0.3, -0.25) is 4.79 Å². The number of likely N-dealkylation sites (tertiary alicyclic amines) is 1. The Morgan fingerprint density at radius 2 is 2.07 bits per heavy atom. The Morgan fingerprint density at radius 3 is 2.73 bits per heavy atom. The van der Waals surface area contributed by atoms with Gasteiger partial charge in [-0.25, -0.2) is 9.78 Å². The highest BCUT2D eigenvalue weighted by atomic mass is 28.3. The Hall–Kier alpha value is -2.13. The van der Waals surface area contributed by atoms with Crippen LogP contribution in [0.1, 0.15) is 38.8 Å². The largest absolute Gasteiger partial charge is 0.444 e. The molecule has 166 valence electrons. The van der Waals surface area contributed by atoms with Gasteiger partial charge in [-0.15, -0.1) is 0 Å². The van der Waals surface area contributed by atoms with Crippen molar-refractivity contribution in [1.82, 2.24) is 19.4 Å². The Balaban J connectivity index is 1.81. The van der Waals surface area contributed by atoms with Gasteiger partial charge < -0.3 is 23.9 Å². The summed E-state index contributed by atoms with van der Waals surface area (Å²) in [5.74, 6) is 0.103. The highest BCUT2D eigenvalue weighted by Crippen LogP contribution is 2.31. The first-order valence-corrected chi connectivity index (χ1v) is 14.3. The zero-order valence-corrected chi connectivity index (χ0v) is 19.9. The van der Waals surface area contributed by atoms with Gasteiger partial charge in [0, 0.05) is 39.4 Å². The summed E-state index contributed by atoms with van der Waals surface area (Å²) in [4.78, 5) is 33.7. The molecule has 2 aromatic heterocycles. The fraction of sp³-hybridized carbons (Fsp3) is 0.667. The number of carbonyl (C=O) groups excluding carboxylic acids is 1. The van der Waals surface area contributed by atoms with Crippen molar-refractivity contribution in [3.05, 3.63) is 28.4 Å². The van der Waals surface area contributed by atoms with E-state index in [0.717, 1.165) is 18.2 Å². The molecule has 0 spiro atoms. The van der Waals surface area contributed by atoms with E-state index in [0.29, 0.717) is 37.5 Å². The number of H-pyrrole nitrogens is 1. The second-order valence-corrected chi connectivity index (χ2v) is 15.8. The molecule has 3 rings (SSSR count). The minimum Gasteiger partial charge on any atom is -0.444 e. The lowest BCUT2D eigenvalue weighted by Crippen LogP contribution is -2.35. The van der Waals surface area contributed by atoms with Crippen LogP contribution in [0.4, 0.5) is 4.79 Å². The lowest BCUT2D eigenvalue weighted by Gasteiger charge is -2.24. The van der Waals surface area contributed by atoms with Crippen molar-refractivity contribution < 1.29 is 14.3 Å². The van der Waals surface area contributed by atoms with Crippen molar-refractivity contribution in [1.29, 1.82) is 0 Å². The number of ether oxygens (including phenoxy) is 2. The minimum absolute atomic E-state index is 0.103. The summed E-state index contributed by atoms with van der Waals surface area (Å²) in [6, 6.07) is 3.02. The zero-order chi connectivity index (χ0) is 22.1. The first kappa shape index (κ1) is 22.5. The molecule has 0 radical (unpaired) electrons. The maximum absolute atomic E-state index is 12.5. The standard InChI is InChI=1S/C21H34N4O4Si/c1-21(2,3)29-20(27)24-8-7-15(12-24)17-11-16-18(19(26)23-13-22-16)25(17)14-28-9-10-30(4,5)6/h11,13,15H,7-10,12,14H2,1-6H3,(H,22,23,26). The van der Waals surface area contributed by atoms with Crippen LogP contribution in [0.15, 0.2) is 17.2 Å². The number of aromatic amines is 1. The average Bonchev–Trinajstić information content (AvgIpc) is 3.22. The second kappa shape index (κ2) is 8.54. The number of amides is 1. The average molecular weight is 435 g/mol. The molecule has 1 amide bonds. The van der Waals surface area contributed by atoms with Crippen LogP contribution in [0.3, 0.4) is 0 Å². The van der Waals surface area contributed by atoms with Crippen LogP contribution >= 0.6 is 0 Å². The van der Waals surface area contributed by atoms with Gasteiger partial charge in [0.1, 0.15) is 17.8 Å². The predicted octanol–water partition coefficient (Wildman–Crippen LogP) is 3.76. The topological polar surface area (TPSA) is 89.5 Å². The summed E-state index contributed by atoms with van der Waals surface area (Å²) in [6.45, 7) is 14.7. The Morgan fingerprint density at radius 1 is 1.33 bits per heavy atom. The first-order chi connectivity index (χ1) is 13.9. The van der Waals surface area contributed by atoms with Crippen LogP contribution in [-0.4, -0.2) is 58.9 Å². The van der Waals surface area contributed by atoms with Gasteiger partial charge in [0.15, 0.2) is 0 Å². The van der Waals surface area contributed by atoms with E-state index >= 15 is 0 Å². The third-order valence-corrected chi connectivity index (χ3v) is 6.90. The van der Waals surface area contributed by atoms with Gasteiger partial charge in [-0.05, 0) is 39.3 Å². The van der Waals surface area contributed by atoms with Crippen LogP contribution in [0, 0.1) is 0 Å². The number of fused-ring (bicyclic) bond motifs is 1. The first-order valence-electron chi connectivity index (χ1n) is 10.6. The Labute approximate surface area is 178 Å². The monoisotopic (exact) mass is 434 g/mol. The van der Waals surface area contributed by atoms with Gasteiger partial charge >= 0.3 is 6.09 Å². The zero-order valence-electron chi connectivity index (χ0n) is 18.9. The molecule has 30 heavy (non-hydrogen) atoms. The van der Waals surface area contributed by atoms with Crippen molar-refractivity contribution in [2.45, 2.75) is 71.1 Å². The van der Waals surface area contributed by atoms with Crippen LogP contribution in [0.2, 0.25) is 25.7 Å². The summed E-state index contributed by atoms with van der Waals surface area (Å²) in [6.07, 6.45) is 1.93. The molecule has 0 saturated carbocycles. The van der Waals surface area contributed by atoms with Crippen molar-refractivity contribution in [3.8, 4) is 0 Å². The van der Waals surface area contributed by atoms with E-state index in [1.165, 1.54) is 6.33 Å². The molecule has 2 aromatic rings. The molecule has 1 aliphatic heterocycles. The highest BCUT2D eigenvalue weighted by Gasteiger charge is 2.33. The smallest absolute Gasteiger partial charge is 0.410 e. The predicted molar refractivity (Wildman–Crippen MR) is 120 cm³/mol. The van der Waals surface area contributed by atoms with E-state index in [1.54, 1.807) is 4.90 Å². The van der Waals surface area contributed by atoms with Crippen molar-refractivity contribution in [2.24, 2.45) is 0 Å². The highest BCUT2D eigenvalue weighted by molar-refractivity contribution is 6.76. The van der Waals surface area contributed by atoms with E-state index in [4.69, 9.17) is 9.47 Å². The molecule has 1 fully saturated rings. The van der Waals surface area contributed by atoms with E-state index in [2.05, 4.69) is 29.6 Å². The van der Waals surface area contributed by atoms with E-state index in [-0.39, 0.29) is 17.6 Å². The molecule has 0 bridgehead atoms. The van der Waals surface area contributed by atoms with Gasteiger partial charge in [-0.1, -0.05) is 19.6 Å². The van der Waals surface area contributed by atoms with Gasteiger partial charge in [0.2, 0.25) is 0 Å². The number of hydrogen-bond donors (Lipinski definition) is 1. The maximum atomic E-state index is 12.5. The van der Waals surface area contributed by atoms with Crippen molar-refractivity contribution in [3.63, 3.8) is 0 Å². The number of nitrogens with one attached hydrogen (secondary N) is 1. The summed E-state index contributed by atoms with van der Waals surface area (Å²) in [5.41, 5.74) is 1.45. The summed E-state index contributed by atoms with van der Waals surface area (Å²) in [7, 11) is -1.20. The lowest BCUT2D eigenvalue weighted by atomic mass is 10.1. The maximum Gasteiger partial charge on any atom is 0.410 e. The molecular formula is C21H34N4O4Si. The molecule has 1 unspecified atom stereocenters. The Bertz CT molecular complexity index is 955. The van der Waals surface area contributed by atoms with Gasteiger partial charge in [-0.2, -0.15) is 0 Å². The molecule has 1 aliphatic rings. The fourth-order valence-electron chi connectivity index (χ4n) is 3.63. The molecule has 3 heterocycles. The minimum atomic E-state index is -1.20. The van der Waals surface area contributed by atoms with E-state index < -0.39 is 13.7 Å². The van der Waals surface area contributed by atoms with Crippen molar-refractivity contribution in [2.75, 3.05) is 19.7 Å². The lowest BCUT2D eigenvalue weighted by molar-refractivity contribution is 0.0292. The summed E-state index contributed by atoms with van der Waals surface area (Å²) >= 11 is 0. The van der Waals surface area contributed by atoms with Crippen LogP contribution in [0.5, 0.6) is 0 Å². The molecule has 0 aromatic carbocycles. The van der Waals surface area contributed by atoms with Gasteiger partial charge in [0.25, 0.3) is 5.56 Å². The summed E-state index contributed by atoms with van der Waals surface area (Å²) in [5, 5.41) is 0. The number of carbonyl (C=O) groups is 1. The van der Waals surface area contributed by atoms with Crippen LogP contribution in [-0.2, 0) is 16.2 Å². The summed E-state index contributed by atoms with van der Waals surface area (Å²) < 4.78 is 13.4.